The Morgan fingerprint density at radius 1 is 1.29 bits per heavy atom. The molecule has 0 aliphatic heterocycles. The van der Waals surface area contributed by atoms with Gasteiger partial charge in [0.25, 0.3) is 0 Å². The summed E-state index contributed by atoms with van der Waals surface area (Å²) in [6.07, 6.45) is 6.32. The van der Waals surface area contributed by atoms with Crippen LogP contribution in [0.1, 0.15) is 37.7 Å². The van der Waals surface area contributed by atoms with Crippen LogP contribution in [0.2, 0.25) is 0 Å². The summed E-state index contributed by atoms with van der Waals surface area (Å²) in [6.45, 7) is 2.17. The number of benzene rings is 1. The van der Waals surface area contributed by atoms with Gasteiger partial charge >= 0.3 is 0 Å². The predicted octanol–water partition coefficient (Wildman–Crippen LogP) is 2.98. The number of hydrogen-bond donors (Lipinski definition) is 2. The van der Waals surface area contributed by atoms with E-state index in [1.807, 2.05) is 32.3 Å². The molecule has 1 fully saturated rings. The summed E-state index contributed by atoms with van der Waals surface area (Å²) in [5.74, 6) is 1.44. The quantitative estimate of drug-likeness (QED) is 0.384. The molecule has 0 saturated heterocycles. The SMILES string of the molecule is CN(C)CCOc1cccc(CN=C(N)NC2CCCCC2)c1.I. The van der Waals surface area contributed by atoms with Crippen molar-refractivity contribution in [1.29, 1.82) is 0 Å². The van der Waals surface area contributed by atoms with Gasteiger partial charge in [0.05, 0.1) is 6.54 Å². The summed E-state index contributed by atoms with van der Waals surface area (Å²) in [6, 6.07) is 8.56. The first-order valence-corrected chi connectivity index (χ1v) is 8.56. The molecule has 1 aliphatic carbocycles. The zero-order valence-corrected chi connectivity index (χ0v) is 17.2. The summed E-state index contributed by atoms with van der Waals surface area (Å²) >= 11 is 0. The van der Waals surface area contributed by atoms with E-state index in [0.717, 1.165) is 17.9 Å². The summed E-state index contributed by atoms with van der Waals surface area (Å²) in [5.41, 5.74) is 7.12. The number of hydrogen-bond acceptors (Lipinski definition) is 3. The standard InChI is InChI=1S/C18H30N4O.HI/c1-22(2)11-12-23-17-10-6-7-15(13-17)14-20-18(19)21-16-8-4-3-5-9-16;/h6-7,10,13,16H,3-5,8-9,11-12,14H2,1-2H3,(H3,19,20,21);1H. The highest BCUT2D eigenvalue weighted by Gasteiger charge is 2.13. The Labute approximate surface area is 163 Å². The molecule has 1 saturated carbocycles. The molecular weight excluding hydrogens is 415 g/mol. The lowest BCUT2D eigenvalue weighted by Gasteiger charge is -2.23. The summed E-state index contributed by atoms with van der Waals surface area (Å²) in [4.78, 5) is 6.56. The molecule has 0 bridgehead atoms. The van der Waals surface area contributed by atoms with Crippen molar-refractivity contribution in [3.05, 3.63) is 29.8 Å². The van der Waals surface area contributed by atoms with Crippen LogP contribution < -0.4 is 15.8 Å². The highest BCUT2D eigenvalue weighted by Crippen LogP contribution is 2.17. The number of aliphatic imine (C=N–C) groups is 1. The lowest BCUT2D eigenvalue weighted by atomic mass is 9.96. The average Bonchev–Trinajstić information content (AvgIpc) is 2.54. The molecular formula is C18H31IN4O. The van der Waals surface area contributed by atoms with Crippen molar-refractivity contribution >= 4 is 29.9 Å². The largest absolute Gasteiger partial charge is 0.492 e. The van der Waals surface area contributed by atoms with Crippen molar-refractivity contribution < 1.29 is 4.74 Å². The fourth-order valence-electron chi connectivity index (χ4n) is 2.76. The normalized spacial score (nSPS) is 15.9. The first kappa shape index (κ1) is 21.0. The van der Waals surface area contributed by atoms with Crippen LogP contribution in [-0.2, 0) is 6.54 Å². The zero-order chi connectivity index (χ0) is 16.5. The van der Waals surface area contributed by atoms with E-state index in [4.69, 9.17) is 10.5 Å². The van der Waals surface area contributed by atoms with E-state index in [9.17, 15) is 0 Å². The maximum atomic E-state index is 6.01. The van der Waals surface area contributed by atoms with E-state index in [0.29, 0.717) is 25.2 Å². The number of nitrogens with zero attached hydrogens (tertiary/aromatic N) is 2. The van der Waals surface area contributed by atoms with Crippen molar-refractivity contribution in [2.24, 2.45) is 10.7 Å². The molecule has 0 heterocycles. The number of likely N-dealkylation sites (N-methyl/N-ethyl adjacent to an activating group) is 1. The van der Waals surface area contributed by atoms with Crippen LogP contribution in [0.15, 0.2) is 29.3 Å². The molecule has 0 spiro atoms. The minimum atomic E-state index is 0. The van der Waals surface area contributed by atoms with E-state index in [-0.39, 0.29) is 24.0 Å². The number of rotatable bonds is 7. The summed E-state index contributed by atoms with van der Waals surface area (Å²) < 4.78 is 5.75. The number of nitrogens with one attached hydrogen (secondary N) is 1. The number of halogens is 1. The van der Waals surface area contributed by atoms with Gasteiger partial charge < -0.3 is 20.7 Å². The molecule has 0 atom stereocenters. The molecule has 2 rings (SSSR count). The Morgan fingerprint density at radius 3 is 2.75 bits per heavy atom. The van der Waals surface area contributed by atoms with Crippen LogP contribution in [0.4, 0.5) is 0 Å². The Bertz CT molecular complexity index is 502. The number of nitrogens with two attached hydrogens (primary N) is 1. The Hall–Kier alpha value is -1.02. The molecule has 136 valence electrons. The highest BCUT2D eigenvalue weighted by atomic mass is 127. The molecule has 0 aromatic heterocycles. The van der Waals surface area contributed by atoms with E-state index in [2.05, 4.69) is 21.3 Å². The molecule has 1 aromatic carbocycles. The fraction of sp³-hybridized carbons (Fsp3) is 0.611. The predicted molar refractivity (Wildman–Crippen MR) is 111 cm³/mol. The topological polar surface area (TPSA) is 62.9 Å². The maximum Gasteiger partial charge on any atom is 0.189 e. The van der Waals surface area contributed by atoms with E-state index in [1.165, 1.54) is 32.1 Å². The first-order chi connectivity index (χ1) is 11.1. The van der Waals surface area contributed by atoms with Crippen molar-refractivity contribution in [3.8, 4) is 5.75 Å². The molecule has 6 heteroatoms. The molecule has 1 aliphatic rings. The first-order valence-electron chi connectivity index (χ1n) is 8.56. The van der Waals surface area contributed by atoms with Gasteiger partial charge in [0.15, 0.2) is 5.96 Å². The molecule has 5 nitrogen and oxygen atoms in total. The molecule has 24 heavy (non-hydrogen) atoms. The summed E-state index contributed by atoms with van der Waals surface area (Å²) in [7, 11) is 4.08. The van der Waals surface area contributed by atoms with Gasteiger partial charge in [0.1, 0.15) is 12.4 Å². The van der Waals surface area contributed by atoms with Crippen molar-refractivity contribution in [2.45, 2.75) is 44.7 Å². The molecule has 0 radical (unpaired) electrons. The third kappa shape index (κ3) is 8.19. The Balaban J connectivity index is 0.00000288. The van der Waals surface area contributed by atoms with Crippen LogP contribution in [0.25, 0.3) is 0 Å². The number of ether oxygens (including phenoxy) is 1. The van der Waals surface area contributed by atoms with Crippen LogP contribution in [0.5, 0.6) is 5.75 Å². The van der Waals surface area contributed by atoms with Gasteiger partial charge in [-0.25, -0.2) is 4.99 Å². The molecule has 0 unspecified atom stereocenters. The van der Waals surface area contributed by atoms with Crippen LogP contribution in [0.3, 0.4) is 0 Å². The fourth-order valence-corrected chi connectivity index (χ4v) is 2.76. The van der Waals surface area contributed by atoms with Crippen LogP contribution in [-0.4, -0.2) is 44.1 Å². The van der Waals surface area contributed by atoms with Gasteiger partial charge in [-0.05, 0) is 44.6 Å². The van der Waals surface area contributed by atoms with E-state index in [1.54, 1.807) is 0 Å². The molecule has 3 N–H and O–H groups in total. The maximum absolute atomic E-state index is 6.01. The van der Waals surface area contributed by atoms with Crippen LogP contribution in [0, 0.1) is 0 Å². The minimum Gasteiger partial charge on any atom is -0.492 e. The van der Waals surface area contributed by atoms with Gasteiger partial charge in [-0.3, -0.25) is 0 Å². The second-order valence-electron chi connectivity index (χ2n) is 6.48. The van der Waals surface area contributed by atoms with Gasteiger partial charge in [0.2, 0.25) is 0 Å². The third-order valence-corrected chi connectivity index (χ3v) is 4.09. The van der Waals surface area contributed by atoms with Crippen molar-refractivity contribution in [3.63, 3.8) is 0 Å². The Kier molecular flexibility index (Phi) is 10.1. The lowest BCUT2D eigenvalue weighted by molar-refractivity contribution is 0.261. The zero-order valence-electron chi connectivity index (χ0n) is 14.8. The second-order valence-corrected chi connectivity index (χ2v) is 6.48. The van der Waals surface area contributed by atoms with Gasteiger partial charge in [0, 0.05) is 12.6 Å². The molecule has 0 amide bonds. The van der Waals surface area contributed by atoms with E-state index < -0.39 is 0 Å². The monoisotopic (exact) mass is 446 g/mol. The van der Waals surface area contributed by atoms with Gasteiger partial charge in [-0.15, -0.1) is 24.0 Å². The highest BCUT2D eigenvalue weighted by molar-refractivity contribution is 14.0. The van der Waals surface area contributed by atoms with Crippen molar-refractivity contribution in [2.75, 3.05) is 27.2 Å². The minimum absolute atomic E-state index is 0. The Morgan fingerprint density at radius 2 is 2.04 bits per heavy atom. The third-order valence-electron chi connectivity index (χ3n) is 4.09. The van der Waals surface area contributed by atoms with Gasteiger partial charge in [-0.2, -0.15) is 0 Å². The average molecular weight is 446 g/mol. The lowest BCUT2D eigenvalue weighted by Crippen LogP contribution is -2.41. The van der Waals surface area contributed by atoms with E-state index >= 15 is 0 Å². The van der Waals surface area contributed by atoms with Crippen LogP contribution >= 0.6 is 24.0 Å². The number of guanidine groups is 1. The van der Waals surface area contributed by atoms with Crippen molar-refractivity contribution in [1.82, 2.24) is 10.2 Å². The smallest absolute Gasteiger partial charge is 0.189 e. The molecule has 1 aromatic rings. The summed E-state index contributed by atoms with van der Waals surface area (Å²) in [5, 5.41) is 3.34. The second kappa shape index (κ2) is 11.5. The van der Waals surface area contributed by atoms with Gasteiger partial charge in [-0.1, -0.05) is 31.4 Å².